The molecule has 47 heavy (non-hydrogen) atoms. The zero-order chi connectivity index (χ0) is 34.9. The van der Waals surface area contributed by atoms with Gasteiger partial charge < -0.3 is 44.1 Å². The van der Waals surface area contributed by atoms with Crippen molar-refractivity contribution in [3.8, 4) is 0 Å². The van der Waals surface area contributed by atoms with Crippen LogP contribution in [-0.4, -0.2) is 125 Å². The molecular formula is C36H60N2O9. The Morgan fingerprint density at radius 1 is 1.23 bits per heavy atom. The maximum atomic E-state index is 13.3. The molecule has 0 aromatic rings. The third-order valence-corrected chi connectivity index (χ3v) is 9.81. The molecule has 0 aromatic heterocycles. The summed E-state index contributed by atoms with van der Waals surface area (Å²) < 4.78 is 24.0. The predicted molar refractivity (Wildman–Crippen MR) is 180 cm³/mol. The summed E-state index contributed by atoms with van der Waals surface area (Å²) >= 11 is 0. The summed E-state index contributed by atoms with van der Waals surface area (Å²) in [6.45, 7) is 16.2. The van der Waals surface area contributed by atoms with E-state index in [2.05, 4.69) is 4.90 Å². The number of nitrogens with zero attached hydrogens (tertiary/aromatic N) is 2. The number of carbonyl (C=O) groups is 2. The number of carbonyl (C=O) groups excluding carboxylic acids is 2. The number of likely N-dealkylation sites (N-methyl/N-ethyl adjacent to an activating group) is 1. The van der Waals surface area contributed by atoms with Gasteiger partial charge in [0, 0.05) is 51.0 Å². The van der Waals surface area contributed by atoms with Crippen molar-refractivity contribution in [1.29, 1.82) is 0 Å². The Morgan fingerprint density at radius 2 is 1.91 bits per heavy atom. The number of rotatable bonds is 11. The van der Waals surface area contributed by atoms with E-state index in [9.17, 15) is 24.9 Å². The van der Waals surface area contributed by atoms with Crippen LogP contribution in [0.1, 0.15) is 80.6 Å². The molecule has 0 bridgehead atoms. The first-order chi connectivity index (χ1) is 22.1. The number of piperazine rings is 1. The number of amides is 1. The summed E-state index contributed by atoms with van der Waals surface area (Å²) in [7, 11) is 2.02. The third kappa shape index (κ3) is 11.7. The van der Waals surface area contributed by atoms with Gasteiger partial charge in [0.1, 0.15) is 11.7 Å². The lowest BCUT2D eigenvalue weighted by Gasteiger charge is -2.38. The number of allylic oxidation sites excluding steroid dienone is 2. The molecule has 3 N–H and O–H groups in total. The molecule has 3 heterocycles. The predicted octanol–water partition coefficient (Wildman–Crippen LogP) is 4.00. The highest BCUT2D eigenvalue weighted by molar-refractivity contribution is 5.70. The summed E-state index contributed by atoms with van der Waals surface area (Å²) in [5.41, 5.74) is -1.33. The summed E-state index contributed by atoms with van der Waals surface area (Å²) in [4.78, 5) is 30.1. The molecule has 11 heteroatoms. The smallest absolute Gasteiger partial charge is 0.410 e. The van der Waals surface area contributed by atoms with Crippen molar-refractivity contribution in [3.05, 3.63) is 36.0 Å². The number of esters is 1. The van der Waals surface area contributed by atoms with Gasteiger partial charge in [0.25, 0.3) is 0 Å². The van der Waals surface area contributed by atoms with Crippen LogP contribution in [0, 0.1) is 11.8 Å². The van der Waals surface area contributed by atoms with Crippen molar-refractivity contribution >= 4 is 12.1 Å². The van der Waals surface area contributed by atoms with Gasteiger partial charge in [-0.2, -0.15) is 0 Å². The average molecular weight is 665 g/mol. The maximum Gasteiger partial charge on any atom is 0.410 e. The first-order valence-corrected chi connectivity index (χ1v) is 17.3. The molecule has 11 nitrogen and oxygen atoms in total. The second kappa shape index (κ2) is 17.4. The van der Waals surface area contributed by atoms with Crippen LogP contribution in [0.4, 0.5) is 4.79 Å². The second-order valence-electron chi connectivity index (χ2n) is 14.2. The molecule has 3 aliphatic heterocycles. The zero-order valence-corrected chi connectivity index (χ0v) is 29.8. The summed E-state index contributed by atoms with van der Waals surface area (Å²) in [5.74, 6) is -0.830. The average Bonchev–Trinajstić information content (AvgIpc) is 3.77. The Balaban J connectivity index is 1.79. The first-order valence-electron chi connectivity index (χ1n) is 17.3. The summed E-state index contributed by atoms with van der Waals surface area (Å²) in [6, 6.07) is 0. The Bertz CT molecular complexity index is 1120. The number of epoxide rings is 1. The van der Waals surface area contributed by atoms with E-state index in [1.807, 2.05) is 66.8 Å². The van der Waals surface area contributed by atoms with Gasteiger partial charge in [0.05, 0.1) is 36.4 Å². The van der Waals surface area contributed by atoms with Gasteiger partial charge in [0.15, 0.2) is 6.10 Å². The van der Waals surface area contributed by atoms with Crippen LogP contribution in [0.15, 0.2) is 36.0 Å². The fourth-order valence-corrected chi connectivity index (χ4v) is 6.45. The molecule has 0 radical (unpaired) electrons. The van der Waals surface area contributed by atoms with Crippen LogP contribution in [0.3, 0.4) is 0 Å². The Hall–Kier alpha value is -2.28. The van der Waals surface area contributed by atoms with Crippen LogP contribution < -0.4 is 0 Å². The van der Waals surface area contributed by atoms with Gasteiger partial charge in [0.2, 0.25) is 0 Å². The molecule has 2 saturated heterocycles. The zero-order valence-electron chi connectivity index (χ0n) is 29.8. The van der Waals surface area contributed by atoms with E-state index in [1.54, 1.807) is 24.0 Å². The summed E-state index contributed by atoms with van der Waals surface area (Å²) in [5, 5.41) is 32.0. The number of hydrogen-bond donors (Lipinski definition) is 3. The van der Waals surface area contributed by atoms with Crippen molar-refractivity contribution in [3.63, 3.8) is 0 Å². The van der Waals surface area contributed by atoms with E-state index in [4.69, 9.17) is 18.9 Å². The normalized spacial score (nSPS) is 34.1. The van der Waals surface area contributed by atoms with Gasteiger partial charge in [-0.1, -0.05) is 45.1 Å². The Kier molecular flexibility index (Phi) is 14.5. The lowest BCUT2D eigenvalue weighted by Crippen LogP contribution is -2.51. The van der Waals surface area contributed by atoms with Crippen molar-refractivity contribution in [2.75, 3.05) is 39.8 Å². The molecule has 0 aromatic carbocycles. The molecular weight excluding hydrogens is 604 g/mol. The molecule has 2 fully saturated rings. The molecule has 0 saturated carbocycles. The van der Waals surface area contributed by atoms with E-state index in [-0.39, 0.29) is 36.9 Å². The number of hydrogen-bond acceptors (Lipinski definition) is 10. The third-order valence-electron chi connectivity index (χ3n) is 9.81. The van der Waals surface area contributed by atoms with E-state index < -0.39 is 47.7 Å². The number of aliphatic hydroxyl groups is 3. The first kappa shape index (κ1) is 39.2. The standard InChI is InChI=1S/C36H60N2O9/c1-9-28(40)26(5)33-29(45-33)23-35(6,43)16-11-12-24(3)32-25(4)13-14-30(46-34(42)38-20-18-37(8)19-21-38)36(7,44-10-2)17-15-27(39)22-31(41)47-32/h11-14,16,25-30,32-33,39-40,43H,9-10,15,17-23H2,1-8H3/b14-13?,16-11+,24-12+/t25?,26-,27?,28+,29-,30?,32?,33-,35?,36?/m1/s1. The van der Waals surface area contributed by atoms with Gasteiger partial charge in [-0.15, -0.1) is 0 Å². The lowest BCUT2D eigenvalue weighted by atomic mass is 9.88. The van der Waals surface area contributed by atoms with E-state index in [1.165, 1.54) is 0 Å². The van der Waals surface area contributed by atoms with Crippen molar-refractivity contribution in [2.45, 2.75) is 128 Å². The van der Waals surface area contributed by atoms with Gasteiger partial charge in [-0.05, 0) is 65.7 Å². The number of cyclic esters (lactones) is 1. The molecule has 0 aliphatic carbocycles. The van der Waals surface area contributed by atoms with Crippen molar-refractivity contribution < 1.29 is 43.9 Å². The highest BCUT2D eigenvalue weighted by atomic mass is 16.6. The van der Waals surface area contributed by atoms with Gasteiger partial charge in [-0.3, -0.25) is 4.79 Å². The van der Waals surface area contributed by atoms with Crippen LogP contribution in [0.2, 0.25) is 0 Å². The van der Waals surface area contributed by atoms with E-state index in [0.717, 1.165) is 18.7 Å². The van der Waals surface area contributed by atoms with Gasteiger partial charge >= 0.3 is 12.1 Å². The maximum absolute atomic E-state index is 13.3. The lowest BCUT2D eigenvalue weighted by molar-refractivity contribution is -0.152. The van der Waals surface area contributed by atoms with Crippen LogP contribution in [0.5, 0.6) is 0 Å². The molecule has 3 aliphatic rings. The van der Waals surface area contributed by atoms with Crippen molar-refractivity contribution in [1.82, 2.24) is 9.80 Å². The SMILES string of the molecule is CCOC1(C)CCC(O)CC(=O)OC(/C(C)=C/C=C/C(C)(O)C[C@H]2O[C@@H]2[C@H](C)[C@@H](O)CC)C(C)C=CC1OC(=O)N1CCN(C)CC1. The number of aliphatic hydroxyl groups excluding tert-OH is 2. The Morgan fingerprint density at radius 3 is 2.55 bits per heavy atom. The highest BCUT2D eigenvalue weighted by Crippen LogP contribution is 2.37. The molecule has 1 amide bonds. The fraction of sp³-hybridized carbons (Fsp3) is 0.778. The highest BCUT2D eigenvalue weighted by Gasteiger charge is 2.47. The largest absolute Gasteiger partial charge is 0.457 e. The number of ether oxygens (including phenoxy) is 4. The second-order valence-corrected chi connectivity index (χ2v) is 14.2. The van der Waals surface area contributed by atoms with Gasteiger partial charge in [-0.25, -0.2) is 4.79 Å². The van der Waals surface area contributed by atoms with Crippen molar-refractivity contribution in [2.24, 2.45) is 11.8 Å². The quantitative estimate of drug-likeness (QED) is 0.128. The summed E-state index contributed by atoms with van der Waals surface area (Å²) in [6.07, 6.45) is 7.06. The molecule has 3 rings (SSSR count). The van der Waals surface area contributed by atoms with Crippen LogP contribution in [-0.2, 0) is 23.7 Å². The molecule has 0 spiro atoms. The molecule has 268 valence electrons. The van der Waals surface area contributed by atoms with Crippen LogP contribution >= 0.6 is 0 Å². The Labute approximate surface area is 281 Å². The minimum atomic E-state index is -1.14. The monoisotopic (exact) mass is 664 g/mol. The van der Waals surface area contributed by atoms with Crippen LogP contribution in [0.25, 0.3) is 0 Å². The topological polar surface area (TPSA) is 142 Å². The molecule has 6 unspecified atom stereocenters. The van der Waals surface area contributed by atoms with E-state index >= 15 is 0 Å². The molecule has 10 atom stereocenters. The minimum Gasteiger partial charge on any atom is -0.457 e. The van der Waals surface area contributed by atoms with E-state index in [0.29, 0.717) is 39.0 Å². The minimum absolute atomic E-state index is 0.00271. The fourth-order valence-electron chi connectivity index (χ4n) is 6.45.